The Kier molecular flexibility index (Phi) is 5.69. The number of aromatic nitrogens is 2. The Hall–Kier alpha value is -4.00. The van der Waals surface area contributed by atoms with E-state index >= 15 is 0 Å². The van der Waals surface area contributed by atoms with E-state index in [-0.39, 0.29) is 29.3 Å². The predicted molar refractivity (Wildman–Crippen MR) is 105 cm³/mol. The largest absolute Gasteiger partial charge is 0.398 e. The number of urea groups is 1. The summed E-state index contributed by atoms with van der Waals surface area (Å²) in [6.07, 6.45) is 3.99. The van der Waals surface area contributed by atoms with Crippen LogP contribution in [0.4, 0.5) is 22.1 Å². The molecule has 3 rings (SSSR count). The number of anilines is 3. The second kappa shape index (κ2) is 8.35. The highest BCUT2D eigenvalue weighted by molar-refractivity contribution is 6.01. The topological polar surface area (TPSA) is 145 Å². The molecule has 3 N–H and O–H groups in total. The maximum absolute atomic E-state index is 12.8. The lowest BCUT2D eigenvalue weighted by molar-refractivity contribution is -0.117. The van der Waals surface area contributed by atoms with Gasteiger partial charge in [0.25, 0.3) is 0 Å². The molecule has 1 aliphatic heterocycles. The second-order valence-electron chi connectivity index (χ2n) is 6.61. The van der Waals surface area contributed by atoms with Crippen molar-refractivity contribution in [2.24, 2.45) is 0 Å². The van der Waals surface area contributed by atoms with Gasteiger partial charge in [-0.25, -0.2) is 14.8 Å². The summed E-state index contributed by atoms with van der Waals surface area (Å²) < 4.78 is 0. The van der Waals surface area contributed by atoms with E-state index in [0.717, 1.165) is 5.56 Å². The van der Waals surface area contributed by atoms with Crippen LogP contribution in [0.1, 0.15) is 33.6 Å². The van der Waals surface area contributed by atoms with Gasteiger partial charge in [-0.1, -0.05) is 0 Å². The average Bonchev–Trinajstić information content (AvgIpc) is 2.72. The Morgan fingerprint density at radius 3 is 2.90 bits per heavy atom. The van der Waals surface area contributed by atoms with Crippen molar-refractivity contribution in [1.82, 2.24) is 14.9 Å². The molecule has 0 atom stereocenters. The Morgan fingerprint density at radius 2 is 2.24 bits per heavy atom. The number of pyridine rings is 2. The summed E-state index contributed by atoms with van der Waals surface area (Å²) in [5.74, 6) is 0.605. The number of carbonyl (C=O) groups is 3. The summed E-state index contributed by atoms with van der Waals surface area (Å²) in [7, 11) is 1.61. The fraction of sp³-hybridized carbons (Fsp3) is 0.263. The fourth-order valence-electron chi connectivity index (χ4n) is 3.10. The van der Waals surface area contributed by atoms with E-state index in [1.807, 2.05) is 12.1 Å². The van der Waals surface area contributed by atoms with Crippen molar-refractivity contribution in [2.45, 2.75) is 19.4 Å². The first-order chi connectivity index (χ1) is 14.0. The summed E-state index contributed by atoms with van der Waals surface area (Å²) >= 11 is 0. The normalized spacial score (nSPS) is 12.5. The van der Waals surface area contributed by atoms with Crippen LogP contribution in [0.15, 0.2) is 18.3 Å². The lowest BCUT2D eigenvalue weighted by Crippen LogP contribution is -2.40. The zero-order chi connectivity index (χ0) is 21.0. The van der Waals surface area contributed by atoms with Crippen LogP contribution in [0.25, 0.3) is 0 Å². The maximum Gasteiger partial charge on any atom is 0.328 e. The highest BCUT2D eigenvalue weighted by Crippen LogP contribution is 2.28. The Bertz CT molecular complexity index is 1020. The van der Waals surface area contributed by atoms with Crippen LogP contribution >= 0.6 is 0 Å². The number of nitrogens with two attached hydrogens (primary N) is 1. The molecule has 3 heterocycles. The van der Waals surface area contributed by atoms with Crippen molar-refractivity contribution >= 4 is 36.1 Å². The molecular weight excluding hydrogens is 374 g/mol. The fourth-order valence-corrected chi connectivity index (χ4v) is 3.10. The van der Waals surface area contributed by atoms with Crippen LogP contribution in [0.3, 0.4) is 0 Å². The molecule has 10 heteroatoms. The first-order valence-corrected chi connectivity index (χ1v) is 8.84. The number of nitrogen functional groups attached to an aromatic ring is 1. The molecule has 0 bridgehead atoms. The summed E-state index contributed by atoms with van der Waals surface area (Å²) in [6, 6.07) is 4.66. The molecule has 1 aliphatic rings. The van der Waals surface area contributed by atoms with E-state index in [0.29, 0.717) is 43.5 Å². The van der Waals surface area contributed by atoms with Crippen molar-refractivity contribution in [3.05, 3.63) is 40.7 Å². The number of nitrogens with one attached hydrogen (secondary N) is 1. The van der Waals surface area contributed by atoms with Gasteiger partial charge in [0.1, 0.15) is 23.4 Å². The molecule has 2 aromatic heterocycles. The SMILES string of the molecule is CN(C=O)Cc1cc2c(nc1C=O)N(C(=O)Nc1cc(N)c(C#N)cn1)CCC2. The number of rotatable bonds is 5. The Balaban J connectivity index is 1.88. The molecule has 0 aliphatic carbocycles. The monoisotopic (exact) mass is 393 g/mol. The zero-order valence-electron chi connectivity index (χ0n) is 15.8. The summed E-state index contributed by atoms with van der Waals surface area (Å²) in [5.41, 5.74) is 7.81. The van der Waals surface area contributed by atoms with Crippen molar-refractivity contribution in [3.8, 4) is 6.07 Å². The van der Waals surface area contributed by atoms with Crippen LogP contribution in [-0.4, -0.2) is 47.2 Å². The van der Waals surface area contributed by atoms with Gasteiger partial charge in [-0.05, 0) is 24.5 Å². The number of fused-ring (bicyclic) bond motifs is 1. The standard InChI is InChI=1S/C19H19N7O3/c1-25(11-28)9-13-5-12-3-2-4-26(18(12)23-16(13)10-27)19(29)24-17-6-15(21)14(7-20)8-22-17/h5-6,8,10-11H,2-4,9H2,1H3,(H3,21,22,24,29). The van der Waals surface area contributed by atoms with E-state index in [4.69, 9.17) is 11.0 Å². The number of nitriles is 1. The predicted octanol–water partition coefficient (Wildman–Crippen LogP) is 1.32. The minimum Gasteiger partial charge on any atom is -0.398 e. The van der Waals surface area contributed by atoms with Crippen molar-refractivity contribution in [2.75, 3.05) is 29.5 Å². The van der Waals surface area contributed by atoms with Crippen LogP contribution in [0.2, 0.25) is 0 Å². The minimum absolute atomic E-state index is 0.179. The van der Waals surface area contributed by atoms with Gasteiger partial charge < -0.3 is 10.6 Å². The molecule has 0 radical (unpaired) electrons. The van der Waals surface area contributed by atoms with Gasteiger partial charge in [-0.2, -0.15) is 5.26 Å². The molecule has 0 unspecified atom stereocenters. The van der Waals surface area contributed by atoms with Crippen LogP contribution < -0.4 is 16.0 Å². The average molecular weight is 393 g/mol. The van der Waals surface area contributed by atoms with Crippen LogP contribution in [0.5, 0.6) is 0 Å². The smallest absolute Gasteiger partial charge is 0.328 e. The molecule has 2 aromatic rings. The van der Waals surface area contributed by atoms with E-state index in [1.165, 1.54) is 22.1 Å². The summed E-state index contributed by atoms with van der Waals surface area (Å²) in [5, 5.41) is 11.6. The lowest BCUT2D eigenvalue weighted by atomic mass is 10.0. The third-order valence-electron chi connectivity index (χ3n) is 4.52. The number of amides is 3. The number of hydrogen-bond donors (Lipinski definition) is 2. The third kappa shape index (κ3) is 4.14. The van der Waals surface area contributed by atoms with Gasteiger partial charge in [-0.3, -0.25) is 19.8 Å². The van der Waals surface area contributed by atoms with Crippen molar-refractivity contribution < 1.29 is 14.4 Å². The van der Waals surface area contributed by atoms with Gasteiger partial charge >= 0.3 is 6.03 Å². The highest BCUT2D eigenvalue weighted by Gasteiger charge is 2.26. The van der Waals surface area contributed by atoms with Gasteiger partial charge in [-0.15, -0.1) is 0 Å². The Labute approximate surface area is 166 Å². The molecule has 0 saturated carbocycles. The number of aldehydes is 1. The number of nitrogens with zero attached hydrogens (tertiary/aromatic N) is 5. The zero-order valence-corrected chi connectivity index (χ0v) is 15.8. The molecule has 3 amide bonds. The molecular formula is C19H19N7O3. The highest BCUT2D eigenvalue weighted by atomic mass is 16.2. The number of carbonyl (C=O) groups excluding carboxylic acids is 3. The first-order valence-electron chi connectivity index (χ1n) is 8.84. The molecule has 29 heavy (non-hydrogen) atoms. The first kappa shape index (κ1) is 19.8. The van der Waals surface area contributed by atoms with Crippen molar-refractivity contribution in [1.29, 1.82) is 5.26 Å². The molecule has 148 valence electrons. The maximum atomic E-state index is 12.8. The minimum atomic E-state index is -0.468. The van der Waals surface area contributed by atoms with Gasteiger partial charge in [0, 0.05) is 38.0 Å². The van der Waals surface area contributed by atoms with Crippen LogP contribution in [0, 0.1) is 11.3 Å². The van der Waals surface area contributed by atoms with Crippen molar-refractivity contribution in [3.63, 3.8) is 0 Å². The number of hydrogen-bond acceptors (Lipinski definition) is 7. The quantitative estimate of drug-likeness (QED) is 0.728. The molecule has 0 fully saturated rings. The third-order valence-corrected chi connectivity index (χ3v) is 4.52. The number of aryl methyl sites for hydroxylation is 1. The van der Waals surface area contributed by atoms with E-state index < -0.39 is 6.03 Å². The van der Waals surface area contributed by atoms with Crippen LogP contribution in [-0.2, 0) is 17.8 Å². The molecule has 0 spiro atoms. The van der Waals surface area contributed by atoms with E-state index in [2.05, 4.69) is 15.3 Å². The van der Waals surface area contributed by atoms with Gasteiger partial charge in [0.05, 0.1) is 11.3 Å². The van der Waals surface area contributed by atoms with E-state index in [9.17, 15) is 14.4 Å². The van der Waals surface area contributed by atoms with E-state index in [1.54, 1.807) is 7.05 Å². The lowest BCUT2D eigenvalue weighted by Gasteiger charge is -2.29. The van der Waals surface area contributed by atoms with Gasteiger partial charge in [0.2, 0.25) is 6.41 Å². The summed E-state index contributed by atoms with van der Waals surface area (Å²) in [6.45, 7) is 0.669. The van der Waals surface area contributed by atoms with Gasteiger partial charge in [0.15, 0.2) is 6.29 Å². The summed E-state index contributed by atoms with van der Waals surface area (Å²) in [4.78, 5) is 46.4. The molecule has 0 saturated heterocycles. The Morgan fingerprint density at radius 1 is 1.45 bits per heavy atom. The molecule has 0 aromatic carbocycles. The molecule has 10 nitrogen and oxygen atoms in total. The second-order valence-corrected chi connectivity index (χ2v) is 6.61.